The van der Waals surface area contributed by atoms with Gasteiger partial charge in [-0.2, -0.15) is 0 Å². The van der Waals surface area contributed by atoms with Crippen molar-refractivity contribution in [1.29, 1.82) is 0 Å². The van der Waals surface area contributed by atoms with Gasteiger partial charge in [0.15, 0.2) is 0 Å². The lowest BCUT2D eigenvalue weighted by molar-refractivity contribution is -0.135. The third-order valence-corrected chi connectivity index (χ3v) is 5.95. The molecule has 2 aromatic carbocycles. The molecule has 0 radical (unpaired) electrons. The van der Waals surface area contributed by atoms with Crippen molar-refractivity contribution in [2.45, 2.75) is 12.5 Å². The number of carbonyl (C=O) groups excluding carboxylic acids is 2. The Morgan fingerprint density at radius 1 is 1.28 bits per heavy atom. The highest BCUT2D eigenvalue weighted by Crippen LogP contribution is 2.26. The first-order valence-corrected chi connectivity index (χ1v) is 10.3. The van der Waals surface area contributed by atoms with E-state index in [0.717, 1.165) is 10.9 Å². The van der Waals surface area contributed by atoms with Crippen molar-refractivity contribution in [2.75, 3.05) is 24.1 Å². The van der Waals surface area contributed by atoms with Crippen LogP contribution in [0, 0.1) is 5.82 Å². The Morgan fingerprint density at radius 2 is 2.07 bits per heavy atom. The van der Waals surface area contributed by atoms with E-state index in [1.54, 1.807) is 60.3 Å². The lowest BCUT2D eigenvalue weighted by atomic mass is 10.1. The van der Waals surface area contributed by atoms with Crippen molar-refractivity contribution in [3.63, 3.8) is 0 Å². The van der Waals surface area contributed by atoms with Gasteiger partial charge in [0.05, 0.1) is 19.4 Å². The number of carbonyl (C=O) groups is 2. The highest BCUT2D eigenvalue weighted by atomic mass is 32.2. The summed E-state index contributed by atoms with van der Waals surface area (Å²) in [5.41, 5.74) is 2.09. The molecule has 2 N–H and O–H groups in total. The SMILES string of the molecule is COc1ccc(NC(=O)C2CSCN2C(=O)Cc2c[nH]c3cc(F)ccc23)cc1. The second-order valence-electron chi connectivity index (χ2n) is 6.78. The van der Waals surface area contributed by atoms with E-state index in [9.17, 15) is 14.0 Å². The summed E-state index contributed by atoms with van der Waals surface area (Å²) in [5.74, 6) is 1.05. The van der Waals surface area contributed by atoms with Crippen molar-refractivity contribution in [2.24, 2.45) is 0 Å². The van der Waals surface area contributed by atoms with Crippen LogP contribution in [0.4, 0.5) is 10.1 Å². The highest BCUT2D eigenvalue weighted by molar-refractivity contribution is 7.99. The van der Waals surface area contributed by atoms with Gasteiger partial charge in [0.1, 0.15) is 17.6 Å². The summed E-state index contributed by atoms with van der Waals surface area (Å²) in [4.78, 5) is 30.2. The van der Waals surface area contributed by atoms with Crippen LogP contribution in [0.15, 0.2) is 48.7 Å². The zero-order valence-corrected chi connectivity index (χ0v) is 16.6. The Bertz CT molecular complexity index is 1050. The Kier molecular flexibility index (Phi) is 5.44. The van der Waals surface area contributed by atoms with Gasteiger partial charge < -0.3 is 19.9 Å². The first kappa shape index (κ1) is 19.3. The molecule has 0 aliphatic carbocycles. The van der Waals surface area contributed by atoms with Gasteiger partial charge in [0.2, 0.25) is 11.8 Å². The normalized spacial score (nSPS) is 16.2. The lowest BCUT2D eigenvalue weighted by Crippen LogP contribution is -2.45. The Balaban J connectivity index is 1.45. The lowest BCUT2D eigenvalue weighted by Gasteiger charge is -2.23. The number of thioether (sulfide) groups is 1. The van der Waals surface area contributed by atoms with Gasteiger partial charge in [-0.05, 0) is 48.0 Å². The number of amides is 2. The number of methoxy groups -OCH3 is 1. The summed E-state index contributed by atoms with van der Waals surface area (Å²) in [5, 5.41) is 3.68. The molecule has 6 nitrogen and oxygen atoms in total. The number of hydrogen-bond donors (Lipinski definition) is 2. The van der Waals surface area contributed by atoms with E-state index >= 15 is 0 Å². The molecule has 2 heterocycles. The molecular formula is C21H20FN3O3S. The molecule has 1 aliphatic heterocycles. The summed E-state index contributed by atoms with van der Waals surface area (Å²) in [6.07, 6.45) is 1.87. The molecule has 3 aromatic rings. The maximum absolute atomic E-state index is 13.4. The molecule has 1 saturated heterocycles. The second kappa shape index (κ2) is 8.16. The quantitative estimate of drug-likeness (QED) is 0.672. The van der Waals surface area contributed by atoms with Gasteiger partial charge in [-0.15, -0.1) is 11.8 Å². The average molecular weight is 413 g/mol. The number of ether oxygens (including phenoxy) is 1. The van der Waals surface area contributed by atoms with Crippen molar-refractivity contribution < 1.29 is 18.7 Å². The van der Waals surface area contributed by atoms with Crippen LogP contribution in [0.5, 0.6) is 5.75 Å². The first-order chi connectivity index (χ1) is 14.0. The number of H-pyrrole nitrogens is 1. The number of aromatic amines is 1. The molecule has 1 aliphatic rings. The van der Waals surface area contributed by atoms with E-state index in [-0.39, 0.29) is 24.1 Å². The predicted octanol–water partition coefficient (Wildman–Crippen LogP) is 3.40. The first-order valence-electron chi connectivity index (χ1n) is 9.13. The minimum absolute atomic E-state index is 0.130. The van der Waals surface area contributed by atoms with E-state index in [2.05, 4.69) is 10.3 Å². The van der Waals surface area contributed by atoms with Gasteiger partial charge in [-0.1, -0.05) is 0 Å². The molecule has 0 saturated carbocycles. The number of halogens is 1. The third kappa shape index (κ3) is 4.07. The highest BCUT2D eigenvalue weighted by Gasteiger charge is 2.34. The molecule has 1 aromatic heterocycles. The van der Waals surface area contributed by atoms with Crippen LogP contribution in [0.3, 0.4) is 0 Å². The number of benzene rings is 2. The molecule has 1 unspecified atom stereocenters. The smallest absolute Gasteiger partial charge is 0.248 e. The van der Waals surface area contributed by atoms with Crippen LogP contribution in [0.25, 0.3) is 10.9 Å². The predicted molar refractivity (Wildman–Crippen MR) is 112 cm³/mol. The van der Waals surface area contributed by atoms with Crippen LogP contribution in [0.1, 0.15) is 5.56 Å². The number of fused-ring (bicyclic) bond motifs is 1. The number of anilines is 1. The van der Waals surface area contributed by atoms with Crippen molar-refractivity contribution in [3.05, 3.63) is 60.0 Å². The van der Waals surface area contributed by atoms with Gasteiger partial charge >= 0.3 is 0 Å². The Hall–Kier alpha value is -3.00. The number of nitrogens with zero attached hydrogens (tertiary/aromatic N) is 1. The van der Waals surface area contributed by atoms with Crippen molar-refractivity contribution >= 4 is 40.2 Å². The van der Waals surface area contributed by atoms with E-state index in [0.29, 0.717) is 28.6 Å². The average Bonchev–Trinajstić information content (AvgIpc) is 3.36. The van der Waals surface area contributed by atoms with Gasteiger partial charge in [-0.3, -0.25) is 9.59 Å². The molecule has 150 valence electrons. The molecule has 2 amide bonds. The second-order valence-corrected chi connectivity index (χ2v) is 7.78. The fraction of sp³-hybridized carbons (Fsp3) is 0.238. The molecule has 1 fully saturated rings. The van der Waals surface area contributed by atoms with Crippen molar-refractivity contribution in [3.8, 4) is 5.75 Å². The van der Waals surface area contributed by atoms with E-state index < -0.39 is 6.04 Å². The largest absolute Gasteiger partial charge is 0.497 e. The topological polar surface area (TPSA) is 74.4 Å². The van der Waals surface area contributed by atoms with E-state index in [4.69, 9.17) is 4.74 Å². The monoisotopic (exact) mass is 413 g/mol. The Morgan fingerprint density at radius 3 is 2.83 bits per heavy atom. The molecular weight excluding hydrogens is 393 g/mol. The number of rotatable bonds is 5. The molecule has 4 rings (SSSR count). The maximum atomic E-state index is 13.4. The van der Waals surface area contributed by atoms with E-state index in [1.165, 1.54) is 12.1 Å². The van der Waals surface area contributed by atoms with Crippen LogP contribution >= 0.6 is 11.8 Å². The fourth-order valence-corrected chi connectivity index (χ4v) is 4.56. The maximum Gasteiger partial charge on any atom is 0.248 e. The van der Waals surface area contributed by atoms with Gasteiger partial charge in [0.25, 0.3) is 0 Å². The zero-order chi connectivity index (χ0) is 20.4. The molecule has 29 heavy (non-hydrogen) atoms. The summed E-state index contributed by atoms with van der Waals surface area (Å²) in [6, 6.07) is 11.0. The minimum atomic E-state index is -0.530. The summed E-state index contributed by atoms with van der Waals surface area (Å²) in [7, 11) is 1.58. The zero-order valence-electron chi connectivity index (χ0n) is 15.8. The molecule has 0 bridgehead atoms. The van der Waals surface area contributed by atoms with Crippen LogP contribution in [-0.2, 0) is 16.0 Å². The third-order valence-electron chi connectivity index (χ3n) is 4.93. The summed E-state index contributed by atoms with van der Waals surface area (Å²) < 4.78 is 18.5. The molecule has 1 atom stereocenters. The van der Waals surface area contributed by atoms with E-state index in [1.807, 2.05) is 0 Å². The Labute approximate surface area is 171 Å². The van der Waals surface area contributed by atoms with Crippen LogP contribution in [0.2, 0.25) is 0 Å². The standard InChI is InChI=1S/C21H20FN3O3S/c1-28-16-5-3-15(4-6-16)24-21(27)19-11-29-12-25(19)20(26)8-13-10-23-18-9-14(22)2-7-17(13)18/h2-7,9-10,19,23H,8,11-12H2,1H3,(H,24,27). The molecule has 8 heteroatoms. The minimum Gasteiger partial charge on any atom is -0.497 e. The fourth-order valence-electron chi connectivity index (χ4n) is 3.37. The van der Waals surface area contributed by atoms with Gasteiger partial charge in [0, 0.05) is 28.5 Å². The van der Waals surface area contributed by atoms with Gasteiger partial charge in [-0.25, -0.2) is 4.39 Å². The number of hydrogen-bond acceptors (Lipinski definition) is 4. The van der Waals surface area contributed by atoms with Crippen LogP contribution in [-0.4, -0.2) is 46.5 Å². The summed E-state index contributed by atoms with van der Waals surface area (Å²) in [6.45, 7) is 0. The van der Waals surface area contributed by atoms with Crippen LogP contribution < -0.4 is 10.1 Å². The number of nitrogens with one attached hydrogen (secondary N) is 2. The number of aromatic nitrogens is 1. The molecule has 0 spiro atoms. The summed E-state index contributed by atoms with van der Waals surface area (Å²) >= 11 is 1.55. The van der Waals surface area contributed by atoms with Crippen molar-refractivity contribution in [1.82, 2.24) is 9.88 Å².